The molecule has 1 rings (SSSR count). The summed E-state index contributed by atoms with van der Waals surface area (Å²) >= 11 is 5.65. The smallest absolute Gasteiger partial charge is 0.270 e. The van der Waals surface area contributed by atoms with Gasteiger partial charge in [0.05, 0.1) is 16.2 Å². The lowest BCUT2D eigenvalue weighted by Crippen LogP contribution is -1.89. The highest BCUT2D eigenvalue weighted by Gasteiger charge is 2.07. The van der Waals surface area contributed by atoms with Crippen LogP contribution in [0.15, 0.2) is 23.4 Å². The van der Waals surface area contributed by atoms with E-state index in [1.54, 1.807) is 0 Å². The largest absolute Gasteiger partial charge is 0.411 e. The predicted octanol–water partition coefficient (Wildman–Crippen LogP) is 2.06. The van der Waals surface area contributed by atoms with Gasteiger partial charge in [0.25, 0.3) is 5.69 Å². The molecule has 1 aromatic carbocycles. The summed E-state index contributed by atoms with van der Waals surface area (Å²) in [6.45, 7) is 0. The van der Waals surface area contributed by atoms with Gasteiger partial charge in [-0.25, -0.2) is 0 Å². The lowest BCUT2D eigenvalue weighted by Gasteiger charge is -1.95. The van der Waals surface area contributed by atoms with Gasteiger partial charge in [-0.1, -0.05) is 16.8 Å². The van der Waals surface area contributed by atoms with Crippen LogP contribution in [-0.4, -0.2) is 16.3 Å². The van der Waals surface area contributed by atoms with E-state index in [1.165, 1.54) is 18.2 Å². The second kappa shape index (κ2) is 3.86. The lowest BCUT2D eigenvalue weighted by atomic mass is 10.2. The quantitative estimate of drug-likeness (QED) is 0.344. The van der Waals surface area contributed by atoms with Gasteiger partial charge in [-0.05, 0) is 6.07 Å². The maximum Gasteiger partial charge on any atom is 0.270 e. The average Bonchev–Trinajstić information content (AvgIpc) is 2.08. The molecule has 0 unspecified atom stereocenters. The Balaban J connectivity index is 3.12. The number of halogens is 1. The fourth-order valence-electron chi connectivity index (χ4n) is 0.797. The Bertz CT molecular complexity index is 365. The highest BCUT2D eigenvalue weighted by atomic mass is 35.5. The summed E-state index contributed by atoms with van der Waals surface area (Å²) < 4.78 is 0. The number of nitro benzene ring substituents is 1. The van der Waals surface area contributed by atoms with Gasteiger partial charge in [-0.15, -0.1) is 0 Å². The van der Waals surface area contributed by atoms with Crippen molar-refractivity contribution in [2.24, 2.45) is 5.16 Å². The lowest BCUT2D eigenvalue weighted by molar-refractivity contribution is -0.384. The minimum absolute atomic E-state index is 0.0971. The van der Waals surface area contributed by atoms with Crippen LogP contribution in [0.1, 0.15) is 5.56 Å². The van der Waals surface area contributed by atoms with Crippen molar-refractivity contribution in [3.63, 3.8) is 0 Å². The van der Waals surface area contributed by atoms with Crippen LogP contribution in [0.25, 0.3) is 0 Å². The van der Waals surface area contributed by atoms with E-state index in [0.29, 0.717) is 5.56 Å². The molecule has 0 saturated carbocycles. The molecule has 5 nitrogen and oxygen atoms in total. The van der Waals surface area contributed by atoms with Crippen LogP contribution in [-0.2, 0) is 0 Å². The zero-order valence-corrected chi connectivity index (χ0v) is 7.10. The highest BCUT2D eigenvalue weighted by Crippen LogP contribution is 2.20. The first-order chi connectivity index (χ1) is 6.15. The Labute approximate surface area is 78.4 Å². The van der Waals surface area contributed by atoms with E-state index in [2.05, 4.69) is 5.16 Å². The van der Waals surface area contributed by atoms with E-state index in [1.807, 2.05) is 0 Å². The SMILES string of the molecule is O=[N+]([O-])c1ccc(C=NO)c(Cl)c1. The molecule has 6 heteroatoms. The number of non-ortho nitro benzene ring substituents is 1. The third-order valence-corrected chi connectivity index (χ3v) is 1.72. The first-order valence-electron chi connectivity index (χ1n) is 3.26. The molecule has 0 spiro atoms. The average molecular weight is 201 g/mol. The highest BCUT2D eigenvalue weighted by molar-refractivity contribution is 6.33. The first-order valence-corrected chi connectivity index (χ1v) is 3.64. The van der Waals surface area contributed by atoms with Gasteiger partial charge in [0, 0.05) is 17.7 Å². The van der Waals surface area contributed by atoms with Gasteiger partial charge in [0.15, 0.2) is 0 Å². The Morgan fingerprint density at radius 2 is 2.31 bits per heavy atom. The predicted molar refractivity (Wildman–Crippen MR) is 47.5 cm³/mol. The van der Waals surface area contributed by atoms with Gasteiger partial charge in [-0.2, -0.15) is 0 Å². The van der Waals surface area contributed by atoms with E-state index < -0.39 is 4.92 Å². The van der Waals surface area contributed by atoms with Crippen molar-refractivity contribution in [3.8, 4) is 0 Å². The molecule has 0 aliphatic carbocycles. The fraction of sp³-hybridized carbons (Fsp3) is 0. The number of nitrogens with zero attached hydrogens (tertiary/aromatic N) is 2. The van der Waals surface area contributed by atoms with Crippen molar-refractivity contribution in [1.82, 2.24) is 0 Å². The molecule has 0 aliphatic heterocycles. The number of rotatable bonds is 2. The molecule has 0 bridgehead atoms. The van der Waals surface area contributed by atoms with E-state index in [-0.39, 0.29) is 10.7 Å². The molecule has 0 saturated heterocycles. The Morgan fingerprint density at radius 3 is 2.77 bits per heavy atom. The summed E-state index contributed by atoms with van der Waals surface area (Å²) in [5, 5.41) is 21.4. The molecule has 0 aromatic heterocycles. The topological polar surface area (TPSA) is 75.7 Å². The van der Waals surface area contributed by atoms with Gasteiger partial charge >= 0.3 is 0 Å². The monoisotopic (exact) mass is 200 g/mol. The Hall–Kier alpha value is -1.62. The van der Waals surface area contributed by atoms with Gasteiger partial charge < -0.3 is 5.21 Å². The second-order valence-electron chi connectivity index (χ2n) is 2.21. The summed E-state index contributed by atoms with van der Waals surface area (Å²) in [6.07, 6.45) is 1.10. The Kier molecular flexibility index (Phi) is 2.81. The van der Waals surface area contributed by atoms with Crippen LogP contribution >= 0.6 is 11.6 Å². The van der Waals surface area contributed by atoms with Crippen molar-refractivity contribution in [2.75, 3.05) is 0 Å². The van der Waals surface area contributed by atoms with Gasteiger partial charge in [0.1, 0.15) is 0 Å². The molecular weight excluding hydrogens is 196 g/mol. The summed E-state index contributed by atoms with van der Waals surface area (Å²) in [4.78, 5) is 9.74. The molecule has 68 valence electrons. The van der Waals surface area contributed by atoms with Crippen molar-refractivity contribution in [2.45, 2.75) is 0 Å². The number of oxime groups is 1. The standard InChI is InChI=1S/C7H5ClN2O3/c8-7-3-6(10(12)13)2-1-5(7)4-9-11/h1-4,11H. The molecule has 0 radical (unpaired) electrons. The van der Waals surface area contributed by atoms with Crippen LogP contribution in [0.3, 0.4) is 0 Å². The van der Waals surface area contributed by atoms with E-state index in [9.17, 15) is 10.1 Å². The van der Waals surface area contributed by atoms with Crippen LogP contribution in [0, 0.1) is 10.1 Å². The van der Waals surface area contributed by atoms with Crippen molar-refractivity contribution < 1.29 is 10.1 Å². The molecule has 1 N–H and O–H groups in total. The second-order valence-corrected chi connectivity index (χ2v) is 2.61. The fourth-order valence-corrected chi connectivity index (χ4v) is 1.02. The molecule has 0 heterocycles. The summed E-state index contributed by atoms with van der Waals surface area (Å²) in [7, 11) is 0. The number of hydrogen-bond acceptors (Lipinski definition) is 4. The normalized spacial score (nSPS) is 10.5. The van der Waals surface area contributed by atoms with Crippen LogP contribution in [0.4, 0.5) is 5.69 Å². The van der Waals surface area contributed by atoms with Gasteiger partial charge in [0.2, 0.25) is 0 Å². The zero-order chi connectivity index (χ0) is 9.84. The van der Waals surface area contributed by atoms with E-state index >= 15 is 0 Å². The maximum absolute atomic E-state index is 10.3. The molecule has 0 amide bonds. The maximum atomic E-state index is 10.3. The molecular formula is C7H5ClN2O3. The third kappa shape index (κ3) is 2.16. The minimum Gasteiger partial charge on any atom is -0.411 e. The van der Waals surface area contributed by atoms with Crippen molar-refractivity contribution >= 4 is 23.5 Å². The van der Waals surface area contributed by atoms with Crippen LogP contribution in [0.2, 0.25) is 5.02 Å². The van der Waals surface area contributed by atoms with Crippen LogP contribution in [0.5, 0.6) is 0 Å². The van der Waals surface area contributed by atoms with E-state index in [4.69, 9.17) is 16.8 Å². The van der Waals surface area contributed by atoms with E-state index in [0.717, 1.165) is 6.21 Å². The zero-order valence-electron chi connectivity index (χ0n) is 6.35. The van der Waals surface area contributed by atoms with Gasteiger partial charge in [-0.3, -0.25) is 10.1 Å². The Morgan fingerprint density at radius 1 is 1.62 bits per heavy atom. The molecule has 13 heavy (non-hydrogen) atoms. The van der Waals surface area contributed by atoms with Crippen LogP contribution < -0.4 is 0 Å². The number of benzene rings is 1. The third-order valence-electron chi connectivity index (χ3n) is 1.39. The summed E-state index contributed by atoms with van der Waals surface area (Å²) in [5.41, 5.74) is 0.329. The summed E-state index contributed by atoms with van der Waals surface area (Å²) in [6, 6.07) is 3.88. The van der Waals surface area contributed by atoms with Crippen molar-refractivity contribution in [3.05, 3.63) is 38.9 Å². The number of hydrogen-bond donors (Lipinski definition) is 1. The molecule has 0 fully saturated rings. The number of nitro groups is 1. The first kappa shape index (κ1) is 9.47. The minimum atomic E-state index is -0.550. The molecule has 0 aliphatic rings. The molecule has 0 atom stereocenters. The van der Waals surface area contributed by atoms with Crippen molar-refractivity contribution in [1.29, 1.82) is 0 Å². The molecule has 1 aromatic rings. The summed E-state index contributed by atoms with van der Waals surface area (Å²) in [5.74, 6) is 0.